The summed E-state index contributed by atoms with van der Waals surface area (Å²) in [7, 11) is 0. The highest BCUT2D eigenvalue weighted by atomic mass is 16.6. The lowest BCUT2D eigenvalue weighted by atomic mass is 9.57. The Labute approximate surface area is 120 Å². The molecule has 5 nitrogen and oxygen atoms in total. The highest BCUT2D eigenvalue weighted by Crippen LogP contribution is 2.53. The van der Waals surface area contributed by atoms with Crippen LogP contribution in [0.15, 0.2) is 0 Å². The van der Waals surface area contributed by atoms with Gasteiger partial charge < -0.3 is 15.4 Å². The Morgan fingerprint density at radius 3 is 2.25 bits per heavy atom. The average molecular weight is 282 g/mol. The minimum absolute atomic E-state index is 0.198. The molecule has 1 heterocycles. The lowest BCUT2D eigenvalue weighted by Crippen LogP contribution is -2.50. The fourth-order valence-electron chi connectivity index (χ4n) is 3.49. The molecule has 1 aliphatic heterocycles. The monoisotopic (exact) mass is 282 g/mol. The zero-order valence-electron chi connectivity index (χ0n) is 12.8. The van der Waals surface area contributed by atoms with E-state index in [1.165, 1.54) is 0 Å². The second kappa shape index (κ2) is 5.26. The molecule has 1 aliphatic carbocycles. The maximum absolute atomic E-state index is 12.0. The zero-order valence-corrected chi connectivity index (χ0v) is 12.8. The zero-order chi connectivity index (χ0) is 15.0. The smallest absolute Gasteiger partial charge is 0.410 e. The first kappa shape index (κ1) is 15.1. The van der Waals surface area contributed by atoms with Gasteiger partial charge in [-0.1, -0.05) is 0 Å². The van der Waals surface area contributed by atoms with Crippen LogP contribution in [0, 0.1) is 11.3 Å². The normalized spacial score (nSPS) is 22.4. The molecule has 2 rings (SSSR count). The summed E-state index contributed by atoms with van der Waals surface area (Å²) in [6.45, 7) is 7.18. The molecule has 0 radical (unpaired) electrons. The van der Waals surface area contributed by atoms with Crippen LogP contribution in [-0.2, 0) is 9.53 Å². The summed E-state index contributed by atoms with van der Waals surface area (Å²) in [6.07, 6.45) is 4.50. The van der Waals surface area contributed by atoms with E-state index in [1.54, 1.807) is 4.90 Å². The second-order valence-corrected chi connectivity index (χ2v) is 7.41. The highest BCUT2D eigenvalue weighted by molar-refractivity contribution is 5.74. The SMILES string of the molecule is CC(C)(C)OC(=O)N1CCC2(CC1)CC(CC(N)=O)C2. The first-order valence-electron chi connectivity index (χ1n) is 7.45. The van der Waals surface area contributed by atoms with Gasteiger partial charge in [0.1, 0.15) is 5.60 Å². The molecule has 0 aromatic rings. The molecule has 2 amide bonds. The number of ether oxygens (including phenoxy) is 1. The van der Waals surface area contributed by atoms with Crippen LogP contribution in [-0.4, -0.2) is 35.6 Å². The Kier molecular flexibility index (Phi) is 3.98. The van der Waals surface area contributed by atoms with Crippen LogP contribution >= 0.6 is 0 Å². The molecular formula is C15H26N2O3. The predicted molar refractivity (Wildman–Crippen MR) is 76.0 cm³/mol. The van der Waals surface area contributed by atoms with Crippen molar-refractivity contribution < 1.29 is 14.3 Å². The lowest BCUT2D eigenvalue weighted by molar-refractivity contribution is -0.121. The Hall–Kier alpha value is -1.26. The van der Waals surface area contributed by atoms with E-state index in [0.29, 0.717) is 17.8 Å². The molecule has 0 bridgehead atoms. The number of piperidine rings is 1. The van der Waals surface area contributed by atoms with Crippen molar-refractivity contribution in [1.29, 1.82) is 0 Å². The van der Waals surface area contributed by atoms with Gasteiger partial charge >= 0.3 is 6.09 Å². The van der Waals surface area contributed by atoms with Gasteiger partial charge in [0.15, 0.2) is 0 Å². The first-order chi connectivity index (χ1) is 9.19. The van der Waals surface area contributed by atoms with Crippen LogP contribution in [0.4, 0.5) is 4.79 Å². The highest BCUT2D eigenvalue weighted by Gasteiger charge is 2.46. The number of nitrogens with two attached hydrogens (primary N) is 1. The van der Waals surface area contributed by atoms with Gasteiger partial charge in [-0.15, -0.1) is 0 Å². The molecule has 5 heteroatoms. The van der Waals surface area contributed by atoms with Crippen LogP contribution in [0.5, 0.6) is 0 Å². The van der Waals surface area contributed by atoms with E-state index < -0.39 is 5.60 Å². The molecule has 114 valence electrons. The molecule has 2 fully saturated rings. The van der Waals surface area contributed by atoms with Crippen molar-refractivity contribution in [3.63, 3.8) is 0 Å². The number of carbonyl (C=O) groups excluding carboxylic acids is 2. The van der Waals surface area contributed by atoms with Gasteiger partial charge in [-0.05, 0) is 57.8 Å². The molecule has 0 aromatic heterocycles. The molecule has 2 aliphatic rings. The maximum atomic E-state index is 12.0. The summed E-state index contributed by atoms with van der Waals surface area (Å²) in [4.78, 5) is 24.7. The van der Waals surface area contributed by atoms with Crippen molar-refractivity contribution in [2.75, 3.05) is 13.1 Å². The number of hydrogen-bond acceptors (Lipinski definition) is 3. The lowest BCUT2D eigenvalue weighted by Gasteiger charge is -2.52. The van der Waals surface area contributed by atoms with Gasteiger partial charge in [0.2, 0.25) is 5.91 Å². The summed E-state index contributed by atoms with van der Waals surface area (Å²) < 4.78 is 5.40. The first-order valence-corrected chi connectivity index (χ1v) is 7.45. The van der Waals surface area contributed by atoms with Crippen molar-refractivity contribution in [2.45, 2.75) is 58.5 Å². The van der Waals surface area contributed by atoms with E-state index in [1.807, 2.05) is 20.8 Å². The topological polar surface area (TPSA) is 72.6 Å². The number of nitrogens with zero attached hydrogens (tertiary/aromatic N) is 1. The van der Waals surface area contributed by atoms with E-state index in [0.717, 1.165) is 38.8 Å². The van der Waals surface area contributed by atoms with E-state index in [-0.39, 0.29) is 12.0 Å². The standard InChI is InChI=1S/C15H26N2O3/c1-14(2,3)20-13(19)17-6-4-15(5-7-17)9-11(10-15)8-12(16)18/h11H,4-10H2,1-3H3,(H2,16,18). The molecule has 0 aromatic carbocycles. The number of carbonyl (C=O) groups is 2. The Bertz CT molecular complexity index is 384. The van der Waals surface area contributed by atoms with Crippen molar-refractivity contribution in [3.05, 3.63) is 0 Å². The molecule has 1 spiro atoms. The van der Waals surface area contributed by atoms with Crippen LogP contribution in [0.3, 0.4) is 0 Å². The third-order valence-electron chi connectivity index (χ3n) is 4.41. The van der Waals surface area contributed by atoms with Crippen molar-refractivity contribution in [1.82, 2.24) is 4.90 Å². The van der Waals surface area contributed by atoms with E-state index in [9.17, 15) is 9.59 Å². The molecule has 20 heavy (non-hydrogen) atoms. The second-order valence-electron chi connectivity index (χ2n) is 7.41. The molecule has 2 N–H and O–H groups in total. The Morgan fingerprint density at radius 2 is 1.80 bits per heavy atom. The van der Waals surface area contributed by atoms with Crippen LogP contribution < -0.4 is 5.73 Å². The molecule has 1 saturated heterocycles. The summed E-state index contributed by atoms with van der Waals surface area (Å²) in [5.41, 5.74) is 5.14. The average Bonchev–Trinajstić information content (AvgIpc) is 2.24. The molecule has 0 unspecified atom stereocenters. The van der Waals surface area contributed by atoms with Crippen LogP contribution in [0.2, 0.25) is 0 Å². The number of likely N-dealkylation sites (tertiary alicyclic amines) is 1. The van der Waals surface area contributed by atoms with Gasteiger partial charge in [0.05, 0.1) is 0 Å². The Balaban J connectivity index is 1.76. The number of primary amides is 1. The van der Waals surface area contributed by atoms with Gasteiger partial charge in [-0.3, -0.25) is 4.79 Å². The number of rotatable bonds is 2. The van der Waals surface area contributed by atoms with Gasteiger partial charge in [0, 0.05) is 19.5 Å². The van der Waals surface area contributed by atoms with Crippen molar-refractivity contribution in [2.24, 2.45) is 17.1 Å². The largest absolute Gasteiger partial charge is 0.444 e. The summed E-state index contributed by atoms with van der Waals surface area (Å²) in [5, 5.41) is 0. The number of amides is 2. The van der Waals surface area contributed by atoms with E-state index in [4.69, 9.17) is 10.5 Å². The van der Waals surface area contributed by atoms with Crippen molar-refractivity contribution >= 4 is 12.0 Å². The Morgan fingerprint density at radius 1 is 1.25 bits per heavy atom. The quantitative estimate of drug-likeness (QED) is 0.844. The van der Waals surface area contributed by atoms with Gasteiger partial charge in [-0.2, -0.15) is 0 Å². The van der Waals surface area contributed by atoms with Crippen LogP contribution in [0.1, 0.15) is 52.9 Å². The number of hydrogen-bond donors (Lipinski definition) is 1. The molecule has 0 atom stereocenters. The van der Waals surface area contributed by atoms with E-state index in [2.05, 4.69) is 0 Å². The minimum atomic E-state index is -0.435. The van der Waals surface area contributed by atoms with Crippen molar-refractivity contribution in [3.8, 4) is 0 Å². The molecule has 1 saturated carbocycles. The fourth-order valence-corrected chi connectivity index (χ4v) is 3.49. The van der Waals surface area contributed by atoms with Gasteiger partial charge in [0.25, 0.3) is 0 Å². The third-order valence-corrected chi connectivity index (χ3v) is 4.41. The molecular weight excluding hydrogens is 256 g/mol. The predicted octanol–water partition coefficient (Wildman–Crippen LogP) is 2.29. The minimum Gasteiger partial charge on any atom is -0.444 e. The fraction of sp³-hybridized carbons (Fsp3) is 0.867. The summed E-state index contributed by atoms with van der Waals surface area (Å²) >= 11 is 0. The summed E-state index contributed by atoms with van der Waals surface area (Å²) in [5.74, 6) is 0.261. The maximum Gasteiger partial charge on any atom is 0.410 e. The van der Waals surface area contributed by atoms with Gasteiger partial charge in [-0.25, -0.2) is 4.79 Å². The summed E-state index contributed by atoms with van der Waals surface area (Å²) in [6, 6.07) is 0. The van der Waals surface area contributed by atoms with Crippen LogP contribution in [0.25, 0.3) is 0 Å². The van der Waals surface area contributed by atoms with E-state index >= 15 is 0 Å². The third kappa shape index (κ3) is 3.64.